The lowest BCUT2D eigenvalue weighted by atomic mass is 9.53. The first-order valence-corrected chi connectivity index (χ1v) is 7.93. The van der Waals surface area contributed by atoms with Crippen molar-refractivity contribution in [3.63, 3.8) is 0 Å². The van der Waals surface area contributed by atoms with Crippen molar-refractivity contribution in [2.24, 2.45) is 17.8 Å². The van der Waals surface area contributed by atoms with Crippen molar-refractivity contribution in [2.75, 3.05) is 7.11 Å². The number of halogens is 2. The Morgan fingerprint density at radius 2 is 1.91 bits per heavy atom. The van der Waals surface area contributed by atoms with Gasteiger partial charge in [0, 0.05) is 7.11 Å². The fourth-order valence-corrected chi connectivity index (χ4v) is 4.86. The van der Waals surface area contributed by atoms with Crippen LogP contribution in [0, 0.1) is 17.8 Å². The van der Waals surface area contributed by atoms with Crippen LogP contribution in [0.5, 0.6) is 0 Å². The highest BCUT2D eigenvalue weighted by molar-refractivity contribution is 7.96. The van der Waals surface area contributed by atoms with Crippen LogP contribution < -0.4 is 0 Å². The van der Waals surface area contributed by atoms with Crippen LogP contribution in [0.3, 0.4) is 0 Å². The molecule has 0 heterocycles. The van der Waals surface area contributed by atoms with Crippen LogP contribution in [0.15, 0.2) is 0 Å². The quantitative estimate of drug-likeness (QED) is 0.345. The van der Waals surface area contributed by atoms with Crippen LogP contribution in [-0.2, 0) is 23.6 Å². The van der Waals surface area contributed by atoms with Gasteiger partial charge in [0.05, 0.1) is 5.60 Å². The minimum Gasteiger partial charge on any atom is -0.457 e. The molecule has 2 unspecified atom stereocenters. The Kier molecular flexibility index (Phi) is 4.36. The number of hydrogen-bond acceptors (Lipinski definition) is 7. The Bertz CT molecular complexity index is 432. The van der Waals surface area contributed by atoms with Gasteiger partial charge in [-0.2, -0.15) is 8.78 Å². The Morgan fingerprint density at radius 3 is 2.45 bits per heavy atom. The first-order valence-electron chi connectivity index (χ1n) is 7.19. The topological polar surface area (TPSA) is 74.2 Å². The Hall–Kier alpha value is -0.480. The molecule has 0 aromatic carbocycles. The highest BCUT2D eigenvalue weighted by Crippen LogP contribution is 2.58. The zero-order chi connectivity index (χ0) is 16.0. The third-order valence-electron chi connectivity index (χ3n) is 5.21. The van der Waals surface area contributed by atoms with E-state index in [1.807, 2.05) is 0 Å². The molecule has 6 nitrogen and oxygen atoms in total. The molecule has 4 aliphatic carbocycles. The number of hydrogen-bond donors (Lipinski definition) is 1. The molecule has 4 aliphatic rings. The zero-order valence-electron chi connectivity index (χ0n) is 12.0. The van der Waals surface area contributed by atoms with Crippen LogP contribution in [0.1, 0.15) is 32.1 Å². The molecule has 0 spiro atoms. The first-order chi connectivity index (χ1) is 10.4. The number of ether oxygens (including phenoxy) is 2. The SMILES string of the molecule is COC12CC3CC(C1)C(OC(=O)C(F)(F)SOOO)C(C3)C2. The van der Waals surface area contributed by atoms with Gasteiger partial charge in [0.25, 0.3) is 0 Å². The fraction of sp³-hybridized carbons (Fsp3) is 0.923. The summed E-state index contributed by atoms with van der Waals surface area (Å²) < 4.78 is 41.4. The Labute approximate surface area is 130 Å². The highest BCUT2D eigenvalue weighted by atomic mass is 32.2. The lowest BCUT2D eigenvalue weighted by Crippen LogP contribution is -2.59. The van der Waals surface area contributed by atoms with Gasteiger partial charge < -0.3 is 9.47 Å². The van der Waals surface area contributed by atoms with Crippen molar-refractivity contribution in [1.82, 2.24) is 0 Å². The molecule has 4 rings (SSSR count). The molecule has 22 heavy (non-hydrogen) atoms. The summed E-state index contributed by atoms with van der Waals surface area (Å²) in [6.07, 6.45) is 3.75. The number of rotatable bonds is 6. The van der Waals surface area contributed by atoms with Crippen molar-refractivity contribution in [3.05, 3.63) is 0 Å². The van der Waals surface area contributed by atoms with E-state index in [4.69, 9.17) is 14.7 Å². The molecule has 0 aliphatic heterocycles. The lowest BCUT2D eigenvalue weighted by Gasteiger charge is -2.58. The molecule has 0 saturated heterocycles. The fourth-order valence-electron chi connectivity index (χ4n) is 4.63. The van der Waals surface area contributed by atoms with Gasteiger partial charge in [0.1, 0.15) is 18.1 Å². The minimum atomic E-state index is -3.93. The van der Waals surface area contributed by atoms with Crippen LogP contribution >= 0.6 is 12.0 Å². The molecule has 0 aromatic heterocycles. The summed E-state index contributed by atoms with van der Waals surface area (Å²) in [7, 11) is 1.69. The molecule has 126 valence electrons. The van der Waals surface area contributed by atoms with Crippen LogP contribution in [-0.4, -0.2) is 35.3 Å². The molecular formula is C13H18F2O6S. The zero-order valence-corrected chi connectivity index (χ0v) is 12.8. The van der Waals surface area contributed by atoms with Crippen LogP contribution in [0.4, 0.5) is 8.78 Å². The third-order valence-corrected chi connectivity index (χ3v) is 5.72. The number of carbonyl (C=O) groups excluding carboxylic acids is 1. The summed E-state index contributed by atoms with van der Waals surface area (Å²) in [6.45, 7) is 0. The number of esters is 1. The van der Waals surface area contributed by atoms with Gasteiger partial charge in [0.2, 0.25) is 0 Å². The standard InChI is InChI=1S/C13H18F2O6S/c1-18-12-4-7-2-8(5-12)10(9(3-7)6-12)19-11(16)13(14,15)22-21-20-17/h7-10,17H,2-6H2,1H3. The molecule has 4 fully saturated rings. The van der Waals surface area contributed by atoms with Gasteiger partial charge in [-0.25, -0.2) is 10.1 Å². The van der Waals surface area contributed by atoms with Crippen molar-refractivity contribution in [1.29, 1.82) is 0 Å². The molecule has 4 saturated carbocycles. The van der Waals surface area contributed by atoms with Gasteiger partial charge in [-0.3, -0.25) is 0 Å². The molecule has 9 heteroatoms. The predicted molar refractivity (Wildman–Crippen MR) is 70.5 cm³/mol. The van der Waals surface area contributed by atoms with Gasteiger partial charge in [0.15, 0.2) is 0 Å². The van der Waals surface area contributed by atoms with Crippen LogP contribution in [0.2, 0.25) is 0 Å². The van der Waals surface area contributed by atoms with Crippen LogP contribution in [0.25, 0.3) is 0 Å². The summed E-state index contributed by atoms with van der Waals surface area (Å²) in [5, 5.41) is 7.08. The van der Waals surface area contributed by atoms with Gasteiger partial charge in [-0.15, -0.1) is 4.33 Å². The van der Waals surface area contributed by atoms with Gasteiger partial charge in [-0.05, 0) is 49.9 Å². The first kappa shape index (κ1) is 16.4. The smallest absolute Gasteiger partial charge is 0.415 e. The summed E-state index contributed by atoms with van der Waals surface area (Å²) in [5.74, 6) is -1.02. The molecule has 1 N–H and O–H groups in total. The van der Waals surface area contributed by atoms with Crippen molar-refractivity contribution in [2.45, 2.75) is 49.1 Å². The van der Waals surface area contributed by atoms with Crippen molar-refractivity contribution >= 4 is 18.0 Å². The van der Waals surface area contributed by atoms with E-state index in [0.29, 0.717) is 5.92 Å². The van der Waals surface area contributed by atoms with E-state index in [2.05, 4.69) is 9.37 Å². The van der Waals surface area contributed by atoms with Crippen molar-refractivity contribution < 1.29 is 37.7 Å². The lowest BCUT2D eigenvalue weighted by molar-refractivity contribution is -0.433. The highest BCUT2D eigenvalue weighted by Gasteiger charge is 2.58. The van der Waals surface area contributed by atoms with Crippen molar-refractivity contribution in [3.8, 4) is 0 Å². The van der Waals surface area contributed by atoms with E-state index in [1.165, 1.54) is 0 Å². The molecule has 4 bridgehead atoms. The van der Waals surface area contributed by atoms with Gasteiger partial charge in [-0.1, -0.05) is 5.04 Å². The Morgan fingerprint density at radius 1 is 1.27 bits per heavy atom. The number of methoxy groups -OCH3 is 1. The second-order valence-corrected chi connectivity index (χ2v) is 7.29. The van der Waals surface area contributed by atoms with Gasteiger partial charge >= 0.3 is 11.2 Å². The largest absolute Gasteiger partial charge is 0.457 e. The maximum atomic E-state index is 13.5. The normalized spacial score (nSPS) is 40.0. The minimum absolute atomic E-state index is 0.0611. The van der Waals surface area contributed by atoms with E-state index in [1.54, 1.807) is 7.11 Å². The maximum absolute atomic E-state index is 13.5. The van der Waals surface area contributed by atoms with E-state index in [9.17, 15) is 13.6 Å². The summed E-state index contributed by atoms with van der Waals surface area (Å²) in [5.41, 5.74) is -0.176. The molecular weight excluding hydrogens is 322 g/mol. The van der Waals surface area contributed by atoms with E-state index in [0.717, 1.165) is 32.1 Å². The Balaban J connectivity index is 1.66. The predicted octanol–water partition coefficient (Wildman–Crippen LogP) is 2.79. The molecule has 2 atom stereocenters. The summed E-state index contributed by atoms with van der Waals surface area (Å²) in [6, 6.07) is 0. The van der Waals surface area contributed by atoms with E-state index < -0.39 is 29.4 Å². The second kappa shape index (κ2) is 5.86. The van der Waals surface area contributed by atoms with E-state index in [-0.39, 0.29) is 17.4 Å². The molecule has 0 amide bonds. The maximum Gasteiger partial charge on any atom is 0.415 e. The van der Waals surface area contributed by atoms with E-state index >= 15 is 0 Å². The average molecular weight is 340 g/mol. The molecule has 0 radical (unpaired) electrons. The monoisotopic (exact) mass is 340 g/mol. The third kappa shape index (κ3) is 2.84. The summed E-state index contributed by atoms with van der Waals surface area (Å²) >= 11 is -0.588. The average Bonchev–Trinajstić information content (AvgIpc) is 2.48. The second-order valence-electron chi connectivity index (χ2n) is 6.47. The summed E-state index contributed by atoms with van der Waals surface area (Å²) in [4.78, 5) is 11.7. The number of carbonyl (C=O) groups is 1. The number of alkyl halides is 2. The molecule has 0 aromatic rings.